The monoisotopic (exact) mass is 402 g/mol. The van der Waals surface area contributed by atoms with Gasteiger partial charge in [-0.05, 0) is 30.7 Å². The van der Waals surface area contributed by atoms with Crippen LogP contribution < -0.4 is 5.32 Å². The number of fused-ring (bicyclic) bond motifs is 1. The van der Waals surface area contributed by atoms with Gasteiger partial charge in [0, 0.05) is 22.9 Å². The zero-order valence-electron chi connectivity index (χ0n) is 13.0. The Balaban J connectivity index is 1.59. The van der Waals surface area contributed by atoms with Crippen molar-refractivity contribution in [2.24, 2.45) is 0 Å². The van der Waals surface area contributed by atoms with Crippen molar-refractivity contribution in [3.63, 3.8) is 0 Å². The van der Waals surface area contributed by atoms with E-state index in [9.17, 15) is 9.59 Å². The number of Topliss-reactive ketones (excluding diaryl/α,β-unsaturated/α-hetero) is 1. The van der Waals surface area contributed by atoms with Crippen molar-refractivity contribution in [1.82, 2.24) is 4.98 Å². The molecule has 1 amide bonds. The molecule has 0 saturated carbocycles. The van der Waals surface area contributed by atoms with Crippen LogP contribution in [0.15, 0.2) is 46.9 Å². The van der Waals surface area contributed by atoms with Crippen molar-refractivity contribution < 1.29 is 9.59 Å². The van der Waals surface area contributed by atoms with Crippen molar-refractivity contribution in [3.05, 3.63) is 58.1 Å². The SMILES string of the molecule is Cc1cccc2sc(NC(=O)CCC(=O)c3ccc(Br)cc3)nc12. The van der Waals surface area contributed by atoms with E-state index < -0.39 is 0 Å². The number of aryl methyl sites for hydroxylation is 1. The van der Waals surface area contributed by atoms with E-state index in [0.717, 1.165) is 20.3 Å². The van der Waals surface area contributed by atoms with Gasteiger partial charge < -0.3 is 5.32 Å². The summed E-state index contributed by atoms with van der Waals surface area (Å²) in [6, 6.07) is 13.1. The molecule has 1 heterocycles. The first-order valence-corrected chi connectivity index (χ1v) is 9.08. The highest BCUT2D eigenvalue weighted by Gasteiger charge is 2.12. The van der Waals surface area contributed by atoms with E-state index in [-0.39, 0.29) is 24.5 Å². The highest BCUT2D eigenvalue weighted by atomic mass is 79.9. The van der Waals surface area contributed by atoms with Gasteiger partial charge in [-0.1, -0.05) is 51.5 Å². The van der Waals surface area contributed by atoms with Crippen molar-refractivity contribution >= 4 is 54.3 Å². The molecule has 2 aromatic carbocycles. The molecule has 0 aliphatic heterocycles. The first-order valence-electron chi connectivity index (χ1n) is 7.48. The van der Waals surface area contributed by atoms with Crippen LogP contribution in [0.3, 0.4) is 0 Å². The fourth-order valence-corrected chi connectivity index (χ4v) is 3.55. The molecule has 0 radical (unpaired) electrons. The molecular formula is C18H15BrN2O2S. The maximum Gasteiger partial charge on any atom is 0.226 e. The number of hydrogen-bond donors (Lipinski definition) is 1. The summed E-state index contributed by atoms with van der Waals surface area (Å²) in [6.07, 6.45) is 0.321. The Morgan fingerprint density at radius 1 is 1.12 bits per heavy atom. The fraction of sp³-hybridized carbons (Fsp3) is 0.167. The zero-order valence-corrected chi connectivity index (χ0v) is 15.4. The molecule has 3 aromatic rings. The molecule has 0 aliphatic carbocycles. The van der Waals surface area contributed by atoms with Crippen LogP contribution in [0.25, 0.3) is 10.2 Å². The number of amides is 1. The van der Waals surface area contributed by atoms with Crippen LogP contribution in [0.5, 0.6) is 0 Å². The van der Waals surface area contributed by atoms with E-state index in [1.807, 2.05) is 37.3 Å². The van der Waals surface area contributed by atoms with Gasteiger partial charge >= 0.3 is 0 Å². The lowest BCUT2D eigenvalue weighted by Crippen LogP contribution is -2.13. The van der Waals surface area contributed by atoms with E-state index in [1.165, 1.54) is 11.3 Å². The van der Waals surface area contributed by atoms with Crippen LogP contribution in [-0.4, -0.2) is 16.7 Å². The number of halogens is 1. The number of carbonyl (C=O) groups excluding carboxylic acids is 2. The Morgan fingerprint density at radius 2 is 1.88 bits per heavy atom. The molecule has 122 valence electrons. The number of thiazole rings is 1. The fourth-order valence-electron chi connectivity index (χ4n) is 2.33. The van der Waals surface area contributed by atoms with Gasteiger partial charge in [0.1, 0.15) is 0 Å². The number of carbonyl (C=O) groups is 2. The molecule has 0 fully saturated rings. The molecule has 24 heavy (non-hydrogen) atoms. The molecule has 0 spiro atoms. The van der Waals surface area contributed by atoms with Crippen molar-refractivity contribution in [2.45, 2.75) is 19.8 Å². The summed E-state index contributed by atoms with van der Waals surface area (Å²) in [4.78, 5) is 28.6. The summed E-state index contributed by atoms with van der Waals surface area (Å²) in [7, 11) is 0. The second-order valence-corrected chi connectivity index (χ2v) is 7.37. The molecule has 0 aliphatic rings. The predicted octanol–water partition coefficient (Wildman–Crippen LogP) is 4.97. The first kappa shape index (κ1) is 16.8. The topological polar surface area (TPSA) is 59.1 Å². The second kappa shape index (κ2) is 7.23. The lowest BCUT2D eigenvalue weighted by atomic mass is 10.1. The van der Waals surface area contributed by atoms with E-state index in [2.05, 4.69) is 26.2 Å². The maximum atomic E-state index is 12.1. The lowest BCUT2D eigenvalue weighted by Gasteiger charge is -2.02. The number of para-hydroxylation sites is 1. The van der Waals surface area contributed by atoms with Crippen LogP contribution in [-0.2, 0) is 4.79 Å². The third-order valence-electron chi connectivity index (χ3n) is 3.61. The van der Waals surface area contributed by atoms with Crippen molar-refractivity contribution in [3.8, 4) is 0 Å². The van der Waals surface area contributed by atoms with Crippen molar-refractivity contribution in [1.29, 1.82) is 0 Å². The Bertz CT molecular complexity index is 903. The number of aromatic nitrogens is 1. The molecule has 1 aromatic heterocycles. The van der Waals surface area contributed by atoms with E-state index in [1.54, 1.807) is 12.1 Å². The second-order valence-electron chi connectivity index (χ2n) is 5.42. The van der Waals surface area contributed by atoms with E-state index in [4.69, 9.17) is 0 Å². The molecule has 1 N–H and O–H groups in total. The highest BCUT2D eigenvalue weighted by Crippen LogP contribution is 2.28. The lowest BCUT2D eigenvalue weighted by molar-refractivity contribution is -0.116. The van der Waals surface area contributed by atoms with E-state index in [0.29, 0.717) is 10.7 Å². The van der Waals surface area contributed by atoms with E-state index >= 15 is 0 Å². The summed E-state index contributed by atoms with van der Waals surface area (Å²) in [6.45, 7) is 1.99. The van der Waals surface area contributed by atoms with Gasteiger partial charge in [-0.25, -0.2) is 4.98 Å². The molecule has 0 atom stereocenters. The summed E-state index contributed by atoms with van der Waals surface area (Å²) < 4.78 is 1.96. The third kappa shape index (κ3) is 3.88. The largest absolute Gasteiger partial charge is 0.302 e. The smallest absolute Gasteiger partial charge is 0.226 e. The van der Waals surface area contributed by atoms with Crippen LogP contribution in [0.2, 0.25) is 0 Å². The molecular weight excluding hydrogens is 388 g/mol. The van der Waals surface area contributed by atoms with Crippen LogP contribution in [0, 0.1) is 6.92 Å². The van der Waals surface area contributed by atoms with Crippen LogP contribution >= 0.6 is 27.3 Å². The number of nitrogens with one attached hydrogen (secondary N) is 1. The molecule has 0 saturated heterocycles. The van der Waals surface area contributed by atoms with Crippen molar-refractivity contribution in [2.75, 3.05) is 5.32 Å². The maximum absolute atomic E-state index is 12.1. The van der Waals surface area contributed by atoms with Gasteiger partial charge in [-0.3, -0.25) is 9.59 Å². The quantitative estimate of drug-likeness (QED) is 0.612. The zero-order chi connectivity index (χ0) is 17.1. The molecule has 3 rings (SSSR count). The number of ketones is 1. The number of anilines is 1. The minimum atomic E-state index is -0.197. The normalized spacial score (nSPS) is 10.8. The standard InChI is InChI=1S/C18H15BrN2O2S/c1-11-3-2-4-15-17(11)21-18(24-15)20-16(23)10-9-14(22)12-5-7-13(19)8-6-12/h2-8H,9-10H2,1H3,(H,20,21,23). The van der Waals surface area contributed by atoms with Crippen LogP contribution in [0.4, 0.5) is 5.13 Å². The van der Waals surface area contributed by atoms with Gasteiger partial charge in [0.05, 0.1) is 10.2 Å². The Kier molecular flexibility index (Phi) is 5.06. The summed E-state index contributed by atoms with van der Waals surface area (Å²) in [5.74, 6) is -0.241. The number of rotatable bonds is 5. The number of benzene rings is 2. The Morgan fingerprint density at radius 3 is 2.58 bits per heavy atom. The van der Waals surface area contributed by atoms with Crippen LogP contribution in [0.1, 0.15) is 28.8 Å². The molecule has 0 bridgehead atoms. The molecule has 0 unspecified atom stereocenters. The minimum absolute atomic E-state index is 0.0437. The first-order chi connectivity index (χ1) is 11.5. The number of nitrogens with zero attached hydrogens (tertiary/aromatic N) is 1. The average Bonchev–Trinajstić information content (AvgIpc) is 2.97. The minimum Gasteiger partial charge on any atom is -0.302 e. The van der Waals surface area contributed by atoms with Gasteiger partial charge in [0.25, 0.3) is 0 Å². The van der Waals surface area contributed by atoms with Gasteiger partial charge in [-0.2, -0.15) is 0 Å². The Hall–Kier alpha value is -2.05. The summed E-state index contributed by atoms with van der Waals surface area (Å²) in [5.41, 5.74) is 2.60. The molecule has 6 heteroatoms. The molecule has 4 nitrogen and oxygen atoms in total. The van der Waals surface area contributed by atoms with Gasteiger partial charge in [-0.15, -0.1) is 0 Å². The summed E-state index contributed by atoms with van der Waals surface area (Å²) >= 11 is 4.77. The van der Waals surface area contributed by atoms with Gasteiger partial charge in [0.2, 0.25) is 5.91 Å². The predicted molar refractivity (Wildman–Crippen MR) is 101 cm³/mol. The highest BCUT2D eigenvalue weighted by molar-refractivity contribution is 9.10. The summed E-state index contributed by atoms with van der Waals surface area (Å²) in [5, 5.41) is 3.35. The Labute approximate surface area is 152 Å². The average molecular weight is 403 g/mol. The number of hydrogen-bond acceptors (Lipinski definition) is 4. The third-order valence-corrected chi connectivity index (χ3v) is 5.08. The van der Waals surface area contributed by atoms with Gasteiger partial charge in [0.15, 0.2) is 10.9 Å².